The number of aromatic hydroxyl groups is 1. The van der Waals surface area contributed by atoms with Gasteiger partial charge >= 0.3 is 5.97 Å². The van der Waals surface area contributed by atoms with Crippen LogP contribution in [0.5, 0.6) is 5.75 Å². The van der Waals surface area contributed by atoms with Crippen molar-refractivity contribution in [2.24, 2.45) is 0 Å². The maximum absolute atomic E-state index is 11.5. The van der Waals surface area contributed by atoms with Gasteiger partial charge in [0, 0.05) is 12.3 Å². The summed E-state index contributed by atoms with van der Waals surface area (Å²) >= 11 is 1.56. The summed E-state index contributed by atoms with van der Waals surface area (Å²) < 4.78 is 6.68. The molecule has 134 valence electrons. The van der Waals surface area contributed by atoms with Crippen molar-refractivity contribution in [1.29, 1.82) is 0 Å². The van der Waals surface area contributed by atoms with E-state index < -0.39 is 0 Å². The molecule has 7 heteroatoms. The lowest BCUT2D eigenvalue weighted by Crippen LogP contribution is -2.01. The van der Waals surface area contributed by atoms with Crippen LogP contribution in [-0.2, 0) is 17.0 Å². The van der Waals surface area contributed by atoms with Crippen molar-refractivity contribution in [3.05, 3.63) is 59.7 Å². The third kappa shape index (κ3) is 3.72. The third-order valence-corrected chi connectivity index (χ3v) is 4.96. The van der Waals surface area contributed by atoms with Gasteiger partial charge in [0.05, 0.1) is 18.2 Å². The monoisotopic (exact) mass is 369 g/mol. The SMILES string of the molecule is CCn1c(SCc2ccc(C(=O)OC)cc2)nnc1-c1ccccc1O. The van der Waals surface area contributed by atoms with Gasteiger partial charge in [0.15, 0.2) is 11.0 Å². The minimum absolute atomic E-state index is 0.185. The summed E-state index contributed by atoms with van der Waals surface area (Å²) in [7, 11) is 1.37. The van der Waals surface area contributed by atoms with Crippen LogP contribution in [0.3, 0.4) is 0 Å². The number of rotatable bonds is 6. The van der Waals surface area contributed by atoms with E-state index in [1.165, 1.54) is 7.11 Å². The maximum atomic E-state index is 11.5. The van der Waals surface area contributed by atoms with Gasteiger partial charge in [-0.3, -0.25) is 0 Å². The van der Waals surface area contributed by atoms with E-state index in [0.29, 0.717) is 29.2 Å². The second-order valence-corrected chi connectivity index (χ2v) is 6.49. The summed E-state index contributed by atoms with van der Waals surface area (Å²) in [5, 5.41) is 19.4. The molecule has 0 aliphatic carbocycles. The van der Waals surface area contributed by atoms with E-state index in [1.54, 1.807) is 36.0 Å². The molecule has 1 N–H and O–H groups in total. The smallest absolute Gasteiger partial charge is 0.337 e. The molecule has 26 heavy (non-hydrogen) atoms. The Morgan fingerprint density at radius 1 is 1.15 bits per heavy atom. The van der Waals surface area contributed by atoms with Gasteiger partial charge in [-0.15, -0.1) is 10.2 Å². The van der Waals surface area contributed by atoms with E-state index in [4.69, 9.17) is 4.74 Å². The summed E-state index contributed by atoms with van der Waals surface area (Å²) in [5.41, 5.74) is 2.26. The Balaban J connectivity index is 1.77. The number of carbonyl (C=O) groups is 1. The van der Waals surface area contributed by atoms with Crippen LogP contribution in [0.4, 0.5) is 0 Å². The van der Waals surface area contributed by atoms with E-state index in [9.17, 15) is 9.90 Å². The molecule has 6 nitrogen and oxygen atoms in total. The number of para-hydroxylation sites is 1. The van der Waals surface area contributed by atoms with Crippen LogP contribution in [0.1, 0.15) is 22.8 Å². The first kappa shape index (κ1) is 18.0. The predicted molar refractivity (Wildman–Crippen MR) is 100 cm³/mol. The molecule has 3 rings (SSSR count). The first-order valence-corrected chi connectivity index (χ1v) is 9.14. The number of phenolic OH excluding ortho intramolecular Hbond substituents is 1. The molecule has 0 bridgehead atoms. The summed E-state index contributed by atoms with van der Waals surface area (Å²) in [5.74, 6) is 1.18. The van der Waals surface area contributed by atoms with Gasteiger partial charge < -0.3 is 14.4 Å². The molecular weight excluding hydrogens is 350 g/mol. The highest BCUT2D eigenvalue weighted by molar-refractivity contribution is 7.98. The van der Waals surface area contributed by atoms with Crippen LogP contribution in [0.15, 0.2) is 53.7 Å². The first-order valence-electron chi connectivity index (χ1n) is 8.15. The zero-order valence-electron chi connectivity index (χ0n) is 14.5. The second-order valence-electron chi connectivity index (χ2n) is 5.54. The topological polar surface area (TPSA) is 77.2 Å². The fourth-order valence-electron chi connectivity index (χ4n) is 2.55. The Bertz CT molecular complexity index is 907. The lowest BCUT2D eigenvalue weighted by Gasteiger charge is -2.08. The van der Waals surface area contributed by atoms with E-state index >= 15 is 0 Å². The summed E-state index contributed by atoms with van der Waals surface area (Å²) in [6, 6.07) is 14.4. The zero-order valence-corrected chi connectivity index (χ0v) is 15.4. The van der Waals surface area contributed by atoms with Crippen molar-refractivity contribution in [2.75, 3.05) is 7.11 Å². The Kier molecular flexibility index (Phi) is 5.58. The molecule has 1 aromatic heterocycles. The van der Waals surface area contributed by atoms with Crippen LogP contribution in [0, 0.1) is 0 Å². The van der Waals surface area contributed by atoms with Gasteiger partial charge in [0.2, 0.25) is 0 Å². The molecule has 0 spiro atoms. The number of ether oxygens (including phenoxy) is 1. The van der Waals surface area contributed by atoms with Crippen molar-refractivity contribution in [1.82, 2.24) is 14.8 Å². The van der Waals surface area contributed by atoms with Crippen molar-refractivity contribution in [3.8, 4) is 17.1 Å². The standard InChI is InChI=1S/C19H19N3O3S/c1-3-22-17(15-6-4-5-7-16(15)23)20-21-19(22)26-12-13-8-10-14(11-9-13)18(24)25-2/h4-11,23H,3,12H2,1-2H3. The fourth-order valence-corrected chi connectivity index (χ4v) is 3.50. The van der Waals surface area contributed by atoms with Crippen LogP contribution in [0.25, 0.3) is 11.4 Å². The van der Waals surface area contributed by atoms with Crippen LogP contribution >= 0.6 is 11.8 Å². The summed E-state index contributed by atoms with van der Waals surface area (Å²) in [6.45, 7) is 2.71. The molecule has 1 heterocycles. The number of carbonyl (C=O) groups excluding carboxylic acids is 1. The normalized spacial score (nSPS) is 10.7. The summed E-state index contributed by atoms with van der Waals surface area (Å²) in [4.78, 5) is 11.5. The van der Waals surface area contributed by atoms with Gasteiger partial charge in [-0.1, -0.05) is 36.0 Å². The van der Waals surface area contributed by atoms with Gasteiger partial charge in [-0.25, -0.2) is 4.79 Å². The van der Waals surface area contributed by atoms with Gasteiger partial charge in [0.25, 0.3) is 0 Å². The molecule has 0 saturated carbocycles. The van der Waals surface area contributed by atoms with E-state index in [0.717, 1.165) is 10.7 Å². The number of thioether (sulfide) groups is 1. The number of aromatic nitrogens is 3. The van der Waals surface area contributed by atoms with E-state index in [2.05, 4.69) is 10.2 Å². The lowest BCUT2D eigenvalue weighted by atomic mass is 10.1. The minimum atomic E-state index is -0.345. The number of esters is 1. The van der Waals surface area contributed by atoms with Crippen molar-refractivity contribution in [2.45, 2.75) is 24.4 Å². The third-order valence-electron chi connectivity index (χ3n) is 3.92. The molecule has 0 radical (unpaired) electrons. The van der Waals surface area contributed by atoms with Crippen molar-refractivity contribution >= 4 is 17.7 Å². The number of hydrogen-bond acceptors (Lipinski definition) is 6. The lowest BCUT2D eigenvalue weighted by molar-refractivity contribution is 0.0600. The Labute approximate surface area is 155 Å². The second kappa shape index (κ2) is 8.05. The van der Waals surface area contributed by atoms with Gasteiger partial charge in [0.1, 0.15) is 5.75 Å². The molecule has 0 saturated heterocycles. The van der Waals surface area contributed by atoms with Crippen LogP contribution in [0.2, 0.25) is 0 Å². The first-order chi connectivity index (χ1) is 12.6. The number of nitrogens with zero attached hydrogens (tertiary/aromatic N) is 3. The Morgan fingerprint density at radius 2 is 1.88 bits per heavy atom. The van der Waals surface area contributed by atoms with Crippen molar-refractivity contribution < 1.29 is 14.6 Å². The molecule has 0 fully saturated rings. The van der Waals surface area contributed by atoms with Crippen LogP contribution in [-0.4, -0.2) is 33.0 Å². The molecule has 0 aliphatic rings. The average Bonchev–Trinajstić information content (AvgIpc) is 3.09. The highest BCUT2D eigenvalue weighted by atomic mass is 32.2. The molecular formula is C19H19N3O3S. The van der Waals surface area contributed by atoms with Gasteiger partial charge in [-0.05, 0) is 36.8 Å². The van der Waals surface area contributed by atoms with E-state index in [-0.39, 0.29) is 11.7 Å². The molecule has 0 atom stereocenters. The Morgan fingerprint density at radius 3 is 2.54 bits per heavy atom. The maximum Gasteiger partial charge on any atom is 0.337 e. The fraction of sp³-hybridized carbons (Fsp3) is 0.211. The quantitative estimate of drug-likeness (QED) is 0.527. The number of phenols is 1. The molecule has 0 amide bonds. The minimum Gasteiger partial charge on any atom is -0.507 e. The molecule has 2 aromatic carbocycles. The van der Waals surface area contributed by atoms with Crippen LogP contribution < -0.4 is 0 Å². The molecule has 3 aromatic rings. The highest BCUT2D eigenvalue weighted by Gasteiger charge is 2.15. The van der Waals surface area contributed by atoms with E-state index in [1.807, 2.05) is 35.8 Å². The number of hydrogen-bond donors (Lipinski definition) is 1. The largest absolute Gasteiger partial charge is 0.507 e. The zero-order chi connectivity index (χ0) is 18.5. The van der Waals surface area contributed by atoms with Crippen molar-refractivity contribution in [3.63, 3.8) is 0 Å². The predicted octanol–water partition coefficient (Wildman–Crippen LogP) is 3.75. The molecule has 0 unspecified atom stereocenters. The Hall–Kier alpha value is -2.80. The summed E-state index contributed by atoms with van der Waals surface area (Å²) in [6.07, 6.45) is 0. The average molecular weight is 369 g/mol. The molecule has 0 aliphatic heterocycles. The number of benzene rings is 2. The highest BCUT2D eigenvalue weighted by Crippen LogP contribution is 2.31. The number of methoxy groups -OCH3 is 1. The van der Waals surface area contributed by atoms with Gasteiger partial charge in [-0.2, -0.15) is 0 Å².